The standard InChI is InChI=1S/C17H12OS.C2H6O/c18-17(13-7-9-16(19)10-8-13)15-6-5-12-3-1-2-4-14(12)11-15;1-2-3/h1-11,19H;3H,2H2,1H3. The molecule has 0 aliphatic heterocycles. The zero-order valence-electron chi connectivity index (χ0n) is 12.4. The Morgan fingerprint density at radius 1 is 0.909 bits per heavy atom. The number of ketones is 1. The Kier molecular flexibility index (Phi) is 5.75. The van der Waals surface area contributed by atoms with Gasteiger partial charge in [0.2, 0.25) is 0 Å². The third kappa shape index (κ3) is 3.97. The highest BCUT2D eigenvalue weighted by Gasteiger charge is 2.09. The van der Waals surface area contributed by atoms with E-state index in [-0.39, 0.29) is 12.4 Å². The SMILES string of the molecule is CCO.O=C(c1ccc(S)cc1)c1ccc2ccccc2c1. The van der Waals surface area contributed by atoms with E-state index in [1.54, 1.807) is 19.1 Å². The van der Waals surface area contributed by atoms with Crippen LogP contribution in [0.25, 0.3) is 10.8 Å². The molecule has 112 valence electrons. The zero-order chi connectivity index (χ0) is 15.9. The van der Waals surface area contributed by atoms with Gasteiger partial charge in [0.1, 0.15) is 0 Å². The van der Waals surface area contributed by atoms with Crippen molar-refractivity contribution < 1.29 is 9.90 Å². The predicted octanol–water partition coefficient (Wildman–Crippen LogP) is 4.36. The highest BCUT2D eigenvalue weighted by molar-refractivity contribution is 7.80. The third-order valence-corrected chi connectivity index (χ3v) is 3.44. The van der Waals surface area contributed by atoms with E-state index in [0.717, 1.165) is 15.7 Å². The van der Waals surface area contributed by atoms with Gasteiger partial charge >= 0.3 is 0 Å². The number of thiol groups is 1. The molecule has 0 bridgehead atoms. The molecule has 3 aromatic carbocycles. The fourth-order valence-corrected chi connectivity index (χ4v) is 2.26. The van der Waals surface area contributed by atoms with Gasteiger partial charge in [0.25, 0.3) is 0 Å². The van der Waals surface area contributed by atoms with Crippen LogP contribution < -0.4 is 0 Å². The molecule has 0 fully saturated rings. The van der Waals surface area contributed by atoms with Gasteiger partial charge in [-0.2, -0.15) is 0 Å². The fraction of sp³-hybridized carbons (Fsp3) is 0.105. The number of benzene rings is 3. The van der Waals surface area contributed by atoms with E-state index in [9.17, 15) is 4.79 Å². The lowest BCUT2D eigenvalue weighted by atomic mass is 10.00. The number of aliphatic hydroxyl groups excluding tert-OH is 1. The summed E-state index contributed by atoms with van der Waals surface area (Å²) in [5, 5.41) is 9.80. The summed E-state index contributed by atoms with van der Waals surface area (Å²) in [6, 6.07) is 21.1. The van der Waals surface area contributed by atoms with Crippen LogP contribution in [0, 0.1) is 0 Å². The summed E-state index contributed by atoms with van der Waals surface area (Å²) in [6.07, 6.45) is 0. The quantitative estimate of drug-likeness (QED) is 0.545. The summed E-state index contributed by atoms with van der Waals surface area (Å²) in [7, 11) is 0. The summed E-state index contributed by atoms with van der Waals surface area (Å²) in [6.45, 7) is 1.93. The maximum absolute atomic E-state index is 12.4. The Bertz CT molecular complexity index is 764. The Labute approximate surface area is 135 Å². The molecule has 0 spiro atoms. The van der Waals surface area contributed by atoms with Crippen LogP contribution in [0.2, 0.25) is 0 Å². The van der Waals surface area contributed by atoms with Gasteiger partial charge in [0, 0.05) is 22.6 Å². The van der Waals surface area contributed by atoms with Crippen molar-refractivity contribution in [2.45, 2.75) is 11.8 Å². The molecule has 0 radical (unpaired) electrons. The van der Waals surface area contributed by atoms with E-state index >= 15 is 0 Å². The topological polar surface area (TPSA) is 37.3 Å². The number of fused-ring (bicyclic) bond motifs is 1. The number of hydrogen-bond donors (Lipinski definition) is 2. The van der Waals surface area contributed by atoms with E-state index in [0.29, 0.717) is 11.1 Å². The molecule has 0 unspecified atom stereocenters. The molecule has 22 heavy (non-hydrogen) atoms. The van der Waals surface area contributed by atoms with Crippen LogP contribution in [0.4, 0.5) is 0 Å². The molecule has 0 aliphatic carbocycles. The maximum Gasteiger partial charge on any atom is 0.193 e. The molecule has 0 heterocycles. The largest absolute Gasteiger partial charge is 0.397 e. The van der Waals surface area contributed by atoms with E-state index in [2.05, 4.69) is 12.6 Å². The second-order valence-corrected chi connectivity index (χ2v) is 5.27. The highest BCUT2D eigenvalue weighted by atomic mass is 32.1. The lowest BCUT2D eigenvalue weighted by Crippen LogP contribution is -2.00. The van der Waals surface area contributed by atoms with Crippen molar-refractivity contribution in [1.82, 2.24) is 0 Å². The van der Waals surface area contributed by atoms with Crippen LogP contribution in [-0.4, -0.2) is 17.5 Å². The van der Waals surface area contributed by atoms with E-state index < -0.39 is 0 Å². The summed E-state index contributed by atoms with van der Waals surface area (Å²) in [5.74, 6) is 0.0408. The molecular weight excluding hydrogens is 292 g/mol. The van der Waals surface area contributed by atoms with Gasteiger partial charge in [0.05, 0.1) is 0 Å². The van der Waals surface area contributed by atoms with Crippen molar-refractivity contribution >= 4 is 29.2 Å². The second kappa shape index (κ2) is 7.78. The first kappa shape index (κ1) is 16.3. The van der Waals surface area contributed by atoms with Crippen molar-refractivity contribution in [3.8, 4) is 0 Å². The van der Waals surface area contributed by atoms with Gasteiger partial charge in [-0.15, -0.1) is 12.6 Å². The van der Waals surface area contributed by atoms with Crippen LogP contribution in [0.5, 0.6) is 0 Å². The van der Waals surface area contributed by atoms with Crippen LogP contribution in [0.3, 0.4) is 0 Å². The summed E-state index contributed by atoms with van der Waals surface area (Å²) >= 11 is 4.22. The van der Waals surface area contributed by atoms with Gasteiger partial charge in [-0.05, 0) is 48.0 Å². The number of carbonyl (C=O) groups is 1. The van der Waals surface area contributed by atoms with Crippen LogP contribution in [-0.2, 0) is 0 Å². The van der Waals surface area contributed by atoms with E-state index in [1.165, 1.54) is 0 Å². The first-order chi connectivity index (χ1) is 10.7. The second-order valence-electron chi connectivity index (χ2n) is 4.75. The molecule has 1 N–H and O–H groups in total. The third-order valence-electron chi connectivity index (χ3n) is 3.14. The van der Waals surface area contributed by atoms with Crippen molar-refractivity contribution in [3.63, 3.8) is 0 Å². The smallest absolute Gasteiger partial charge is 0.193 e. The number of aliphatic hydroxyl groups is 1. The Morgan fingerprint density at radius 2 is 1.45 bits per heavy atom. The zero-order valence-corrected chi connectivity index (χ0v) is 13.3. The van der Waals surface area contributed by atoms with Crippen LogP contribution in [0.15, 0.2) is 71.6 Å². The minimum Gasteiger partial charge on any atom is -0.397 e. The minimum absolute atomic E-state index is 0.0408. The van der Waals surface area contributed by atoms with Gasteiger partial charge < -0.3 is 5.11 Å². The van der Waals surface area contributed by atoms with Crippen LogP contribution in [0.1, 0.15) is 22.8 Å². The van der Waals surface area contributed by atoms with Crippen molar-refractivity contribution in [2.24, 2.45) is 0 Å². The molecule has 0 amide bonds. The van der Waals surface area contributed by atoms with Gasteiger partial charge in [-0.25, -0.2) is 0 Å². The summed E-state index contributed by atoms with van der Waals surface area (Å²) < 4.78 is 0. The molecule has 3 rings (SSSR count). The summed E-state index contributed by atoms with van der Waals surface area (Å²) in [4.78, 5) is 13.2. The van der Waals surface area contributed by atoms with Gasteiger partial charge in [-0.3, -0.25) is 4.79 Å². The number of carbonyl (C=O) groups excluding carboxylic acids is 1. The minimum atomic E-state index is 0.0408. The maximum atomic E-state index is 12.4. The average molecular weight is 310 g/mol. The molecular formula is C19H18O2S. The first-order valence-corrected chi connectivity index (χ1v) is 7.54. The normalized spacial score (nSPS) is 9.95. The molecule has 3 aromatic rings. The number of hydrogen-bond acceptors (Lipinski definition) is 3. The van der Waals surface area contributed by atoms with Crippen molar-refractivity contribution in [3.05, 3.63) is 77.9 Å². The van der Waals surface area contributed by atoms with E-state index in [4.69, 9.17) is 5.11 Å². The first-order valence-electron chi connectivity index (χ1n) is 7.09. The van der Waals surface area contributed by atoms with E-state index in [1.807, 2.05) is 54.6 Å². The molecule has 0 saturated carbocycles. The highest BCUT2D eigenvalue weighted by Crippen LogP contribution is 2.18. The molecule has 0 aliphatic rings. The molecule has 0 atom stereocenters. The van der Waals surface area contributed by atoms with Gasteiger partial charge in [-0.1, -0.05) is 36.4 Å². The number of rotatable bonds is 2. The summed E-state index contributed by atoms with van der Waals surface area (Å²) in [5.41, 5.74) is 1.40. The Hall–Kier alpha value is -2.10. The molecule has 0 saturated heterocycles. The predicted molar refractivity (Wildman–Crippen MR) is 93.8 cm³/mol. The molecule has 3 heteroatoms. The monoisotopic (exact) mass is 310 g/mol. The van der Waals surface area contributed by atoms with Gasteiger partial charge in [0.15, 0.2) is 5.78 Å². The average Bonchev–Trinajstić information content (AvgIpc) is 2.55. The molecule has 0 aromatic heterocycles. The van der Waals surface area contributed by atoms with Crippen molar-refractivity contribution in [2.75, 3.05) is 6.61 Å². The lowest BCUT2D eigenvalue weighted by Gasteiger charge is -2.04. The molecule has 2 nitrogen and oxygen atoms in total. The Morgan fingerprint density at radius 3 is 2.09 bits per heavy atom. The lowest BCUT2D eigenvalue weighted by molar-refractivity contribution is 0.103. The Balaban J connectivity index is 0.000000545. The van der Waals surface area contributed by atoms with Crippen LogP contribution >= 0.6 is 12.6 Å². The fourth-order valence-electron chi connectivity index (χ4n) is 2.11. The van der Waals surface area contributed by atoms with Crippen molar-refractivity contribution in [1.29, 1.82) is 0 Å².